The van der Waals surface area contributed by atoms with Crippen LogP contribution in [0.25, 0.3) is 0 Å². The summed E-state index contributed by atoms with van der Waals surface area (Å²) in [6, 6.07) is 4.53. The number of nitrogens with one attached hydrogen (secondary N) is 3. The Balaban J connectivity index is 1.19. The van der Waals surface area contributed by atoms with Crippen LogP contribution in [-0.2, 0) is 20.9 Å². The van der Waals surface area contributed by atoms with Gasteiger partial charge in [0.05, 0.1) is 5.69 Å². The van der Waals surface area contributed by atoms with Crippen LogP contribution < -0.4 is 16.0 Å². The molecule has 6 rings (SSSR count). The Morgan fingerprint density at radius 3 is 2.10 bits per heavy atom. The molecule has 0 unspecified atom stereocenters. The number of piperazine rings is 1. The maximum Gasteiger partial charge on any atom is 0.270 e. The van der Waals surface area contributed by atoms with E-state index in [1.165, 1.54) is 12.1 Å². The molecule has 2 heterocycles. The summed E-state index contributed by atoms with van der Waals surface area (Å²) in [4.78, 5) is 58.2. The first kappa shape index (κ1) is 34.1. The highest BCUT2D eigenvalue weighted by Crippen LogP contribution is 2.51. The van der Waals surface area contributed by atoms with Crippen LogP contribution >= 0.6 is 0 Å². The van der Waals surface area contributed by atoms with Crippen LogP contribution in [0.15, 0.2) is 30.5 Å². The molecule has 0 radical (unpaired) electrons. The maximum atomic E-state index is 15.8. The second-order valence-corrected chi connectivity index (χ2v) is 14.5. The van der Waals surface area contributed by atoms with E-state index in [1.54, 1.807) is 27.9 Å². The Morgan fingerprint density at radius 2 is 1.52 bits per heavy atom. The summed E-state index contributed by atoms with van der Waals surface area (Å²) in [7, 11) is 2.01. The molecule has 4 amide bonds. The minimum Gasteiger partial charge on any atom is -0.343 e. The molecule has 3 aliphatic carbocycles. The van der Waals surface area contributed by atoms with Crippen molar-refractivity contribution in [1.82, 2.24) is 30.2 Å². The number of carbonyl (C=O) groups excluding carboxylic acids is 4. The van der Waals surface area contributed by atoms with Crippen molar-refractivity contribution < 1.29 is 23.6 Å². The van der Waals surface area contributed by atoms with Gasteiger partial charge in [0, 0.05) is 50.8 Å². The highest BCUT2D eigenvalue weighted by atomic mass is 19.1. The molecule has 3 saturated carbocycles. The van der Waals surface area contributed by atoms with Crippen LogP contribution in [0.2, 0.25) is 0 Å². The normalized spacial score (nSPS) is 20.9. The van der Waals surface area contributed by atoms with Crippen molar-refractivity contribution in [3.05, 3.63) is 47.5 Å². The fourth-order valence-electron chi connectivity index (χ4n) is 7.26. The predicted octanol–water partition coefficient (Wildman–Crippen LogP) is 3.62. The van der Waals surface area contributed by atoms with Crippen molar-refractivity contribution in [2.75, 3.05) is 38.5 Å². The van der Waals surface area contributed by atoms with Gasteiger partial charge in [0.25, 0.3) is 5.91 Å². The second kappa shape index (κ2) is 14.4. The largest absolute Gasteiger partial charge is 0.343 e. The first-order valence-corrected chi connectivity index (χ1v) is 17.8. The molecule has 1 aliphatic heterocycles. The van der Waals surface area contributed by atoms with E-state index in [4.69, 9.17) is 0 Å². The van der Waals surface area contributed by atoms with Crippen molar-refractivity contribution in [3.63, 3.8) is 0 Å². The van der Waals surface area contributed by atoms with Crippen LogP contribution in [0.5, 0.6) is 0 Å². The molecule has 3 N–H and O–H groups in total. The van der Waals surface area contributed by atoms with E-state index < -0.39 is 29.7 Å². The number of amides is 4. The summed E-state index contributed by atoms with van der Waals surface area (Å²) in [5.74, 6) is -1.47. The number of aryl methyl sites for hydroxylation is 1. The zero-order valence-electron chi connectivity index (χ0n) is 28.6. The molecule has 1 aromatic carbocycles. The molecule has 260 valence electrons. The van der Waals surface area contributed by atoms with Gasteiger partial charge < -0.3 is 25.8 Å². The van der Waals surface area contributed by atoms with E-state index in [0.717, 1.165) is 51.6 Å². The van der Waals surface area contributed by atoms with Gasteiger partial charge in [-0.3, -0.25) is 23.9 Å². The number of likely N-dealkylation sites (N-methyl/N-ethyl adjacent to an activating group) is 1. The number of halogens is 1. The summed E-state index contributed by atoms with van der Waals surface area (Å²) in [6.45, 7) is 8.75. The number of nitrogens with zero attached hydrogens (tertiary/aromatic N) is 4. The average Bonchev–Trinajstić information content (AvgIpc) is 3.94. The first-order valence-electron chi connectivity index (χ1n) is 17.8. The molecular weight excluding hydrogens is 613 g/mol. The molecule has 0 bridgehead atoms. The Kier molecular flexibility index (Phi) is 10.2. The Morgan fingerprint density at radius 1 is 0.875 bits per heavy atom. The second-order valence-electron chi connectivity index (χ2n) is 14.5. The van der Waals surface area contributed by atoms with Gasteiger partial charge in [0.15, 0.2) is 0 Å². The number of carbonyl (C=O) groups is 4. The van der Waals surface area contributed by atoms with E-state index in [1.807, 2.05) is 27.8 Å². The molecule has 0 spiro atoms. The summed E-state index contributed by atoms with van der Waals surface area (Å²) in [6.07, 6.45) is 7.63. The number of rotatable bonds is 14. The van der Waals surface area contributed by atoms with E-state index in [0.29, 0.717) is 48.6 Å². The molecule has 1 aromatic heterocycles. The fraction of sp³-hybridized carbons (Fsp3) is 0.639. The van der Waals surface area contributed by atoms with Gasteiger partial charge in [0.2, 0.25) is 17.7 Å². The van der Waals surface area contributed by atoms with E-state index in [-0.39, 0.29) is 35.2 Å². The van der Waals surface area contributed by atoms with Gasteiger partial charge in [-0.05, 0) is 99.9 Å². The highest BCUT2D eigenvalue weighted by molar-refractivity contribution is 6.01. The molecule has 2 aromatic rings. The third kappa shape index (κ3) is 7.74. The lowest BCUT2D eigenvalue weighted by molar-refractivity contribution is -0.139. The molecule has 11 nitrogen and oxygen atoms in total. The zero-order valence-corrected chi connectivity index (χ0v) is 28.6. The lowest BCUT2D eigenvalue weighted by Crippen LogP contribution is -2.56. The maximum absolute atomic E-state index is 15.8. The van der Waals surface area contributed by atoms with Gasteiger partial charge >= 0.3 is 0 Å². The van der Waals surface area contributed by atoms with Crippen molar-refractivity contribution in [2.24, 2.45) is 29.6 Å². The van der Waals surface area contributed by atoms with Gasteiger partial charge in [-0.1, -0.05) is 19.9 Å². The fourth-order valence-corrected chi connectivity index (χ4v) is 7.26. The third-order valence-corrected chi connectivity index (χ3v) is 10.9. The summed E-state index contributed by atoms with van der Waals surface area (Å²) in [5.41, 5.74) is 0.931. The quantitative estimate of drug-likeness (QED) is 0.283. The average molecular weight is 664 g/mol. The van der Waals surface area contributed by atoms with Crippen LogP contribution in [0.4, 0.5) is 10.1 Å². The van der Waals surface area contributed by atoms with E-state index in [2.05, 4.69) is 25.9 Å². The van der Waals surface area contributed by atoms with Crippen LogP contribution in [0.1, 0.15) is 81.3 Å². The Labute approximate surface area is 282 Å². The SMILES string of the molecule is CCn1nccc1C(=O)N[C@H](C(=O)Nc1ccc([C@H](C)[C@@H](NC(=O)[C@@H](C)C2CC2)C(=O)N2CCN(C)CC2)cc1F)C(C1CC1)C1CC1. The highest BCUT2D eigenvalue weighted by Gasteiger charge is 2.48. The van der Waals surface area contributed by atoms with Crippen LogP contribution in [-0.4, -0.2) is 88.5 Å². The minimum absolute atomic E-state index is 0.00692. The van der Waals surface area contributed by atoms with Crippen molar-refractivity contribution in [2.45, 2.75) is 83.8 Å². The predicted molar refractivity (Wildman–Crippen MR) is 179 cm³/mol. The topological polar surface area (TPSA) is 129 Å². The van der Waals surface area contributed by atoms with Gasteiger partial charge in [-0.25, -0.2) is 4.39 Å². The third-order valence-electron chi connectivity index (χ3n) is 10.9. The van der Waals surface area contributed by atoms with E-state index >= 15 is 4.39 Å². The summed E-state index contributed by atoms with van der Waals surface area (Å²) < 4.78 is 17.4. The van der Waals surface area contributed by atoms with Crippen molar-refractivity contribution >= 4 is 29.3 Å². The number of hydrogen-bond acceptors (Lipinski definition) is 6. The molecular formula is C36H50FN7O4. The standard InChI is InChI=1S/C36H50FN7O4/c1-5-44-29(14-15-38-44)34(46)41-32(30(24-8-9-24)25-10-11-25)35(47)39-28-13-12-26(20-27(28)37)21(2)31(40-33(45)22(3)23-6-7-23)36(48)43-18-16-42(4)17-19-43/h12-15,20-25,30-32H,5-11,16-19H2,1-4H3,(H,39,47)(H,40,45)(H,41,46)/t21-,22-,31+,32-/m0/s1. The monoisotopic (exact) mass is 663 g/mol. The number of aromatic nitrogens is 2. The first-order chi connectivity index (χ1) is 23.0. The van der Waals surface area contributed by atoms with Gasteiger partial charge in [0.1, 0.15) is 23.6 Å². The van der Waals surface area contributed by atoms with Crippen LogP contribution in [0.3, 0.4) is 0 Å². The number of hydrogen-bond donors (Lipinski definition) is 3. The summed E-state index contributed by atoms with van der Waals surface area (Å²) in [5, 5.41) is 13.0. The molecule has 48 heavy (non-hydrogen) atoms. The molecule has 1 saturated heterocycles. The Bertz CT molecular complexity index is 1500. The van der Waals surface area contributed by atoms with Crippen molar-refractivity contribution in [3.8, 4) is 0 Å². The minimum atomic E-state index is -0.851. The smallest absolute Gasteiger partial charge is 0.270 e. The van der Waals surface area contributed by atoms with Crippen LogP contribution in [0, 0.1) is 35.4 Å². The molecule has 4 fully saturated rings. The summed E-state index contributed by atoms with van der Waals surface area (Å²) >= 11 is 0. The lowest BCUT2D eigenvalue weighted by Gasteiger charge is -2.36. The number of anilines is 1. The molecule has 4 atom stereocenters. The molecule has 12 heteroatoms. The van der Waals surface area contributed by atoms with Gasteiger partial charge in [-0.2, -0.15) is 5.10 Å². The molecule has 4 aliphatic rings. The lowest BCUT2D eigenvalue weighted by atomic mass is 9.88. The van der Waals surface area contributed by atoms with Gasteiger partial charge in [-0.15, -0.1) is 0 Å². The van der Waals surface area contributed by atoms with Crippen molar-refractivity contribution in [1.29, 1.82) is 0 Å². The zero-order chi connectivity index (χ0) is 34.1. The number of benzene rings is 1. The van der Waals surface area contributed by atoms with E-state index in [9.17, 15) is 19.2 Å². The Hall–Kier alpha value is -3.80.